The summed E-state index contributed by atoms with van der Waals surface area (Å²) in [6.45, 7) is 0. The molecule has 128 valence electrons. The lowest BCUT2D eigenvalue weighted by Gasteiger charge is -2.21. The summed E-state index contributed by atoms with van der Waals surface area (Å²) in [6, 6.07) is 20.6. The third-order valence-corrected chi connectivity index (χ3v) is 3.79. The highest BCUT2D eigenvalue weighted by Gasteiger charge is 2.41. The number of nitrogens with two attached hydrogens (primary N) is 1. The van der Waals surface area contributed by atoms with Crippen molar-refractivity contribution >= 4 is 5.69 Å². The van der Waals surface area contributed by atoms with Gasteiger partial charge in [-0.05, 0) is 47.5 Å². The van der Waals surface area contributed by atoms with E-state index in [0.717, 1.165) is 0 Å². The summed E-state index contributed by atoms with van der Waals surface area (Å²) in [5.41, 5.74) is 6.60. The van der Waals surface area contributed by atoms with Crippen LogP contribution in [0.1, 0.15) is 17.0 Å². The fraction of sp³-hybridized carbons (Fsp3) is 0.100. The second-order valence-electron chi connectivity index (χ2n) is 5.63. The van der Waals surface area contributed by atoms with Crippen molar-refractivity contribution in [3.63, 3.8) is 0 Å². The molecule has 2 nitrogen and oxygen atoms in total. The summed E-state index contributed by atoms with van der Waals surface area (Å²) in [6.07, 6.45) is -4.37. The van der Waals surface area contributed by atoms with Crippen LogP contribution in [0.5, 0.6) is 11.5 Å². The monoisotopic (exact) mass is 343 g/mol. The van der Waals surface area contributed by atoms with E-state index in [9.17, 15) is 13.2 Å². The number of anilines is 1. The first-order valence-electron chi connectivity index (χ1n) is 7.68. The molecule has 3 aromatic rings. The SMILES string of the molecule is Nc1ccc(Oc2ccc(C(c3ccccc3)C(F)(F)F)cc2)cc1. The highest BCUT2D eigenvalue weighted by molar-refractivity contribution is 5.44. The molecule has 0 spiro atoms. The molecular weight excluding hydrogens is 327 g/mol. The summed E-state index contributed by atoms with van der Waals surface area (Å²) in [7, 11) is 0. The zero-order chi connectivity index (χ0) is 17.9. The van der Waals surface area contributed by atoms with E-state index in [1.165, 1.54) is 36.4 Å². The van der Waals surface area contributed by atoms with Gasteiger partial charge in [-0.3, -0.25) is 0 Å². The Kier molecular flexibility index (Phi) is 4.65. The molecule has 2 N–H and O–H groups in total. The lowest BCUT2D eigenvalue weighted by Crippen LogP contribution is -2.21. The van der Waals surface area contributed by atoms with E-state index in [1.807, 2.05) is 0 Å². The minimum atomic E-state index is -4.37. The molecule has 0 aromatic heterocycles. The molecule has 0 radical (unpaired) electrons. The van der Waals surface area contributed by atoms with Gasteiger partial charge in [0, 0.05) is 5.69 Å². The van der Waals surface area contributed by atoms with Crippen molar-refractivity contribution in [2.75, 3.05) is 5.73 Å². The Balaban J connectivity index is 1.85. The van der Waals surface area contributed by atoms with Crippen LogP contribution in [-0.2, 0) is 0 Å². The Bertz CT molecular complexity index is 812. The maximum atomic E-state index is 13.5. The molecule has 0 heterocycles. The van der Waals surface area contributed by atoms with Crippen molar-refractivity contribution in [1.82, 2.24) is 0 Å². The van der Waals surface area contributed by atoms with Gasteiger partial charge in [-0.1, -0.05) is 42.5 Å². The number of halogens is 3. The third-order valence-electron chi connectivity index (χ3n) is 3.79. The van der Waals surface area contributed by atoms with Gasteiger partial charge in [0.1, 0.15) is 17.4 Å². The molecule has 0 saturated heterocycles. The van der Waals surface area contributed by atoms with Crippen LogP contribution in [0.3, 0.4) is 0 Å². The van der Waals surface area contributed by atoms with Crippen molar-refractivity contribution in [3.8, 4) is 11.5 Å². The molecule has 0 fully saturated rings. The molecule has 0 saturated carbocycles. The standard InChI is InChI=1S/C20H16F3NO/c21-20(22,23)19(14-4-2-1-3-5-14)15-6-10-17(11-7-15)25-18-12-8-16(24)9-13-18/h1-13,19H,24H2. The average molecular weight is 343 g/mol. The van der Waals surface area contributed by atoms with Crippen LogP contribution in [0.4, 0.5) is 18.9 Å². The van der Waals surface area contributed by atoms with Crippen LogP contribution in [0, 0.1) is 0 Å². The Hall–Kier alpha value is -2.95. The minimum Gasteiger partial charge on any atom is -0.457 e. The molecule has 0 bridgehead atoms. The first-order chi connectivity index (χ1) is 11.9. The van der Waals surface area contributed by atoms with E-state index >= 15 is 0 Å². The number of benzene rings is 3. The molecule has 0 aliphatic rings. The van der Waals surface area contributed by atoms with Gasteiger partial charge >= 0.3 is 6.18 Å². The molecule has 0 aliphatic carbocycles. The summed E-state index contributed by atoms with van der Waals surface area (Å²) in [5, 5.41) is 0. The molecule has 0 aliphatic heterocycles. The number of nitrogen functional groups attached to an aromatic ring is 1. The fourth-order valence-corrected chi connectivity index (χ4v) is 2.62. The van der Waals surface area contributed by atoms with Crippen molar-refractivity contribution < 1.29 is 17.9 Å². The van der Waals surface area contributed by atoms with E-state index in [4.69, 9.17) is 10.5 Å². The van der Waals surface area contributed by atoms with Crippen LogP contribution in [-0.4, -0.2) is 6.18 Å². The van der Waals surface area contributed by atoms with E-state index in [2.05, 4.69) is 0 Å². The fourth-order valence-electron chi connectivity index (χ4n) is 2.62. The average Bonchev–Trinajstić information content (AvgIpc) is 2.58. The van der Waals surface area contributed by atoms with Crippen LogP contribution in [0.2, 0.25) is 0 Å². The second-order valence-corrected chi connectivity index (χ2v) is 5.63. The van der Waals surface area contributed by atoms with Crippen LogP contribution >= 0.6 is 0 Å². The largest absolute Gasteiger partial charge is 0.457 e. The zero-order valence-corrected chi connectivity index (χ0v) is 13.2. The van der Waals surface area contributed by atoms with Gasteiger partial charge in [0.25, 0.3) is 0 Å². The Morgan fingerprint density at radius 1 is 0.680 bits per heavy atom. The smallest absolute Gasteiger partial charge is 0.399 e. The molecule has 25 heavy (non-hydrogen) atoms. The number of ether oxygens (including phenoxy) is 1. The predicted molar refractivity (Wildman–Crippen MR) is 91.7 cm³/mol. The molecule has 0 amide bonds. The van der Waals surface area contributed by atoms with Crippen molar-refractivity contribution in [1.29, 1.82) is 0 Å². The predicted octanol–water partition coefficient (Wildman–Crippen LogP) is 5.76. The normalized spacial score (nSPS) is 12.6. The van der Waals surface area contributed by atoms with E-state index in [-0.39, 0.29) is 11.1 Å². The zero-order valence-electron chi connectivity index (χ0n) is 13.2. The topological polar surface area (TPSA) is 35.2 Å². The van der Waals surface area contributed by atoms with E-state index in [0.29, 0.717) is 17.2 Å². The van der Waals surface area contributed by atoms with Gasteiger partial charge < -0.3 is 10.5 Å². The Morgan fingerprint density at radius 2 is 1.16 bits per heavy atom. The third kappa shape index (κ3) is 4.12. The van der Waals surface area contributed by atoms with Gasteiger partial charge in [-0.2, -0.15) is 13.2 Å². The molecular formula is C20H16F3NO. The number of rotatable bonds is 4. The van der Waals surface area contributed by atoms with Crippen molar-refractivity contribution in [3.05, 3.63) is 90.0 Å². The van der Waals surface area contributed by atoms with Crippen molar-refractivity contribution in [2.45, 2.75) is 12.1 Å². The number of hydrogen-bond acceptors (Lipinski definition) is 2. The second kappa shape index (κ2) is 6.89. The highest BCUT2D eigenvalue weighted by Crippen LogP contribution is 2.40. The lowest BCUT2D eigenvalue weighted by molar-refractivity contribution is -0.141. The number of alkyl halides is 3. The van der Waals surface area contributed by atoms with Gasteiger partial charge in [-0.25, -0.2) is 0 Å². The van der Waals surface area contributed by atoms with Crippen LogP contribution in [0.15, 0.2) is 78.9 Å². The molecule has 3 rings (SSSR count). The first kappa shape index (κ1) is 16.9. The van der Waals surface area contributed by atoms with Crippen LogP contribution in [0.25, 0.3) is 0 Å². The lowest BCUT2D eigenvalue weighted by atomic mass is 9.91. The van der Waals surface area contributed by atoms with E-state index in [1.54, 1.807) is 42.5 Å². The van der Waals surface area contributed by atoms with E-state index < -0.39 is 12.1 Å². The van der Waals surface area contributed by atoms with Crippen LogP contribution < -0.4 is 10.5 Å². The summed E-state index contributed by atoms with van der Waals surface area (Å²) in [5.74, 6) is -0.640. The van der Waals surface area contributed by atoms with Gasteiger partial charge in [-0.15, -0.1) is 0 Å². The highest BCUT2D eigenvalue weighted by atomic mass is 19.4. The quantitative estimate of drug-likeness (QED) is 0.612. The maximum absolute atomic E-state index is 13.5. The molecule has 3 aromatic carbocycles. The Morgan fingerprint density at radius 3 is 1.68 bits per heavy atom. The van der Waals surface area contributed by atoms with Gasteiger partial charge in [0.15, 0.2) is 0 Å². The Labute approximate surface area is 143 Å². The summed E-state index contributed by atoms with van der Waals surface area (Å²) < 4.78 is 46.2. The van der Waals surface area contributed by atoms with Gasteiger partial charge in [0.05, 0.1) is 0 Å². The molecule has 1 atom stereocenters. The summed E-state index contributed by atoms with van der Waals surface area (Å²) >= 11 is 0. The van der Waals surface area contributed by atoms with Gasteiger partial charge in [0.2, 0.25) is 0 Å². The summed E-state index contributed by atoms with van der Waals surface area (Å²) in [4.78, 5) is 0. The maximum Gasteiger partial charge on any atom is 0.399 e. The molecule has 5 heteroatoms. The first-order valence-corrected chi connectivity index (χ1v) is 7.68. The molecule has 1 unspecified atom stereocenters. The van der Waals surface area contributed by atoms with Crippen molar-refractivity contribution in [2.24, 2.45) is 0 Å². The number of hydrogen-bond donors (Lipinski definition) is 1. The minimum absolute atomic E-state index is 0.170.